The van der Waals surface area contributed by atoms with E-state index in [-0.39, 0.29) is 18.1 Å². The number of halogens is 1. The van der Waals surface area contributed by atoms with E-state index >= 15 is 0 Å². The van der Waals surface area contributed by atoms with Crippen LogP contribution >= 0.6 is 0 Å². The van der Waals surface area contributed by atoms with E-state index < -0.39 is 0 Å². The summed E-state index contributed by atoms with van der Waals surface area (Å²) in [5.41, 5.74) is 2.84. The molecular weight excluding hydrogens is 341 g/mol. The first-order chi connectivity index (χ1) is 13.2. The summed E-state index contributed by atoms with van der Waals surface area (Å²) in [6.07, 6.45) is 2.00. The van der Waals surface area contributed by atoms with Crippen molar-refractivity contribution in [3.05, 3.63) is 89.9 Å². The average Bonchev–Trinajstić information content (AvgIpc) is 2.71. The highest BCUT2D eigenvalue weighted by Gasteiger charge is 2.27. The van der Waals surface area contributed by atoms with E-state index in [1.54, 1.807) is 23.2 Å². The van der Waals surface area contributed by atoms with Crippen molar-refractivity contribution in [1.29, 1.82) is 0 Å². The third-order valence-electron chi connectivity index (χ3n) is 4.74. The molecule has 1 aromatic heterocycles. The number of benzene rings is 2. The largest absolute Gasteiger partial charge is 0.349 e. The second kappa shape index (κ2) is 7.58. The molecule has 4 rings (SSSR count). The second-order valence-corrected chi connectivity index (χ2v) is 6.60. The van der Waals surface area contributed by atoms with Gasteiger partial charge in [-0.25, -0.2) is 9.37 Å². The van der Waals surface area contributed by atoms with E-state index in [9.17, 15) is 9.18 Å². The van der Waals surface area contributed by atoms with Gasteiger partial charge in [-0.05, 0) is 35.4 Å². The topological polar surface area (TPSA) is 36.4 Å². The van der Waals surface area contributed by atoms with Crippen LogP contribution in [-0.2, 0) is 17.8 Å². The minimum atomic E-state index is -0.296. The van der Waals surface area contributed by atoms with E-state index in [1.807, 2.05) is 30.3 Å². The fraction of sp³-hybridized carbons (Fsp3) is 0.182. The van der Waals surface area contributed by atoms with Crippen molar-refractivity contribution in [2.24, 2.45) is 0 Å². The van der Waals surface area contributed by atoms with E-state index in [1.165, 1.54) is 17.7 Å². The summed E-state index contributed by atoms with van der Waals surface area (Å²) in [6.45, 7) is 2.07. The van der Waals surface area contributed by atoms with Crippen LogP contribution in [0.4, 0.5) is 15.9 Å². The van der Waals surface area contributed by atoms with Crippen LogP contribution in [0.5, 0.6) is 0 Å². The molecule has 0 atom stereocenters. The maximum Gasteiger partial charge on any atom is 0.231 e. The first-order valence-corrected chi connectivity index (χ1v) is 8.99. The Morgan fingerprint density at radius 2 is 1.70 bits per heavy atom. The molecule has 1 aliphatic heterocycles. The molecule has 1 amide bonds. The van der Waals surface area contributed by atoms with Crippen LogP contribution in [0, 0.1) is 5.82 Å². The normalized spacial score (nSPS) is 13.4. The molecule has 0 saturated carbocycles. The van der Waals surface area contributed by atoms with Crippen LogP contribution < -0.4 is 9.80 Å². The Morgan fingerprint density at radius 3 is 2.48 bits per heavy atom. The summed E-state index contributed by atoms with van der Waals surface area (Å²) < 4.78 is 13.1. The summed E-state index contributed by atoms with van der Waals surface area (Å²) in [4.78, 5) is 21.4. The summed E-state index contributed by atoms with van der Waals surface area (Å²) in [5, 5.41) is 0. The Kier molecular flexibility index (Phi) is 4.83. The van der Waals surface area contributed by atoms with Gasteiger partial charge < -0.3 is 9.80 Å². The quantitative estimate of drug-likeness (QED) is 0.709. The monoisotopic (exact) mass is 361 g/mol. The Labute approximate surface area is 157 Å². The van der Waals surface area contributed by atoms with E-state index in [0.717, 1.165) is 23.6 Å². The summed E-state index contributed by atoms with van der Waals surface area (Å²) in [7, 11) is 0. The highest BCUT2D eigenvalue weighted by Crippen LogP contribution is 2.32. The lowest BCUT2D eigenvalue weighted by Gasteiger charge is -2.36. The number of carbonyl (C=O) groups excluding carboxylic acids is 1. The van der Waals surface area contributed by atoms with Crippen LogP contribution in [0.3, 0.4) is 0 Å². The van der Waals surface area contributed by atoms with Gasteiger partial charge in [0, 0.05) is 25.8 Å². The van der Waals surface area contributed by atoms with Gasteiger partial charge >= 0.3 is 0 Å². The number of anilines is 2. The molecule has 4 nitrogen and oxygen atoms in total. The summed E-state index contributed by atoms with van der Waals surface area (Å²) >= 11 is 0. The third kappa shape index (κ3) is 3.82. The SMILES string of the molecule is O=C(Cc1ccc(F)cc1)N1CCN(Cc2ccccc2)c2ncccc21. The molecule has 1 aliphatic rings. The molecule has 0 fully saturated rings. The first-order valence-electron chi connectivity index (χ1n) is 8.99. The van der Waals surface area contributed by atoms with Crippen molar-refractivity contribution in [1.82, 2.24) is 4.98 Å². The van der Waals surface area contributed by atoms with Crippen molar-refractivity contribution < 1.29 is 9.18 Å². The van der Waals surface area contributed by atoms with Crippen molar-refractivity contribution in [3.8, 4) is 0 Å². The Balaban J connectivity index is 1.55. The smallest absolute Gasteiger partial charge is 0.231 e. The van der Waals surface area contributed by atoms with Gasteiger partial charge in [-0.15, -0.1) is 0 Å². The highest BCUT2D eigenvalue weighted by atomic mass is 19.1. The van der Waals surface area contributed by atoms with Crippen molar-refractivity contribution in [2.75, 3.05) is 22.9 Å². The molecule has 136 valence electrons. The lowest BCUT2D eigenvalue weighted by Crippen LogP contribution is -2.44. The van der Waals surface area contributed by atoms with Crippen LogP contribution in [0.25, 0.3) is 0 Å². The molecule has 0 bridgehead atoms. The highest BCUT2D eigenvalue weighted by molar-refractivity contribution is 5.98. The summed E-state index contributed by atoms with van der Waals surface area (Å²) in [5.74, 6) is 0.519. The molecule has 0 saturated heterocycles. The fourth-order valence-corrected chi connectivity index (χ4v) is 3.38. The fourth-order valence-electron chi connectivity index (χ4n) is 3.38. The number of aromatic nitrogens is 1. The lowest BCUT2D eigenvalue weighted by atomic mass is 10.1. The van der Waals surface area contributed by atoms with Crippen LogP contribution in [0.1, 0.15) is 11.1 Å². The number of amides is 1. The molecule has 2 aromatic carbocycles. The third-order valence-corrected chi connectivity index (χ3v) is 4.74. The number of fused-ring (bicyclic) bond motifs is 1. The predicted octanol–water partition coefficient (Wildman–Crippen LogP) is 3.82. The number of carbonyl (C=O) groups is 1. The molecule has 2 heterocycles. The zero-order valence-corrected chi connectivity index (χ0v) is 14.9. The average molecular weight is 361 g/mol. The number of pyridine rings is 1. The molecule has 27 heavy (non-hydrogen) atoms. The maximum absolute atomic E-state index is 13.1. The van der Waals surface area contributed by atoms with Crippen LogP contribution in [-0.4, -0.2) is 24.0 Å². The van der Waals surface area contributed by atoms with Gasteiger partial charge in [-0.2, -0.15) is 0 Å². The number of rotatable bonds is 4. The van der Waals surface area contributed by atoms with Crippen molar-refractivity contribution >= 4 is 17.4 Å². The van der Waals surface area contributed by atoms with E-state index in [4.69, 9.17) is 0 Å². The molecule has 3 aromatic rings. The van der Waals surface area contributed by atoms with Crippen molar-refractivity contribution in [3.63, 3.8) is 0 Å². The first kappa shape index (κ1) is 17.2. The van der Waals surface area contributed by atoms with Gasteiger partial charge in [0.05, 0.1) is 12.1 Å². The Morgan fingerprint density at radius 1 is 0.926 bits per heavy atom. The zero-order valence-electron chi connectivity index (χ0n) is 14.9. The van der Waals surface area contributed by atoms with E-state index in [2.05, 4.69) is 22.0 Å². The number of hydrogen-bond donors (Lipinski definition) is 0. The van der Waals surface area contributed by atoms with Gasteiger partial charge in [-0.3, -0.25) is 4.79 Å². The van der Waals surface area contributed by atoms with Gasteiger partial charge in [0.1, 0.15) is 5.82 Å². The minimum Gasteiger partial charge on any atom is -0.349 e. The Bertz CT molecular complexity index is 928. The predicted molar refractivity (Wildman–Crippen MR) is 104 cm³/mol. The Hall–Kier alpha value is -3.21. The number of hydrogen-bond acceptors (Lipinski definition) is 3. The molecule has 0 aliphatic carbocycles. The van der Waals surface area contributed by atoms with Crippen molar-refractivity contribution in [2.45, 2.75) is 13.0 Å². The molecule has 5 heteroatoms. The minimum absolute atomic E-state index is 0.00443. The molecule has 0 spiro atoms. The lowest BCUT2D eigenvalue weighted by molar-refractivity contribution is -0.118. The maximum atomic E-state index is 13.1. The molecule has 0 N–H and O–H groups in total. The number of nitrogens with zero attached hydrogens (tertiary/aromatic N) is 3. The standard InChI is InChI=1S/C22H20FN3O/c23-19-10-8-17(9-11-19)15-21(27)26-14-13-25(16-18-5-2-1-3-6-18)22-20(26)7-4-12-24-22/h1-12H,13-16H2. The second-order valence-electron chi connectivity index (χ2n) is 6.60. The molecule has 0 radical (unpaired) electrons. The zero-order chi connectivity index (χ0) is 18.6. The van der Waals surface area contributed by atoms with Gasteiger partial charge in [0.25, 0.3) is 0 Å². The van der Waals surface area contributed by atoms with Gasteiger partial charge in [0.2, 0.25) is 5.91 Å². The molecular formula is C22H20FN3O. The summed E-state index contributed by atoms with van der Waals surface area (Å²) in [6, 6.07) is 20.1. The van der Waals surface area contributed by atoms with Gasteiger partial charge in [0.15, 0.2) is 5.82 Å². The van der Waals surface area contributed by atoms with Gasteiger partial charge in [-0.1, -0.05) is 42.5 Å². The van der Waals surface area contributed by atoms with Crippen LogP contribution in [0.15, 0.2) is 72.9 Å². The molecule has 0 unspecified atom stereocenters. The van der Waals surface area contributed by atoms with Crippen LogP contribution in [0.2, 0.25) is 0 Å². The van der Waals surface area contributed by atoms with E-state index in [0.29, 0.717) is 13.1 Å².